The van der Waals surface area contributed by atoms with Crippen molar-refractivity contribution < 1.29 is 0 Å². The second kappa shape index (κ2) is 4.59. The standard InChI is InChI=1S/C14H18N2S/c1-14(2,3)13-16-12-10(7-5-9-15)6-4-8-11(12)17-13/h4-8H,9,15H2,1-3H3/b7-5+. The number of aromatic nitrogens is 1. The lowest BCUT2D eigenvalue weighted by molar-refractivity contribution is 0.587. The van der Waals surface area contributed by atoms with Crippen LogP contribution in [0.15, 0.2) is 24.3 Å². The molecule has 0 amide bonds. The van der Waals surface area contributed by atoms with Gasteiger partial charge in [-0.25, -0.2) is 4.98 Å². The summed E-state index contributed by atoms with van der Waals surface area (Å²) in [5, 5.41) is 1.18. The van der Waals surface area contributed by atoms with E-state index in [1.165, 1.54) is 9.71 Å². The molecule has 2 aromatic rings. The Labute approximate surface area is 106 Å². The van der Waals surface area contributed by atoms with Crippen LogP contribution in [0.3, 0.4) is 0 Å². The second-order valence-electron chi connectivity index (χ2n) is 5.10. The first-order valence-electron chi connectivity index (χ1n) is 5.79. The van der Waals surface area contributed by atoms with Crippen molar-refractivity contribution in [2.24, 2.45) is 5.73 Å². The van der Waals surface area contributed by atoms with Gasteiger partial charge in [0.25, 0.3) is 0 Å². The molecule has 90 valence electrons. The monoisotopic (exact) mass is 246 g/mol. The van der Waals surface area contributed by atoms with Crippen molar-refractivity contribution >= 4 is 27.6 Å². The molecule has 1 aromatic carbocycles. The molecule has 0 aliphatic heterocycles. The van der Waals surface area contributed by atoms with E-state index < -0.39 is 0 Å². The van der Waals surface area contributed by atoms with Crippen LogP contribution in [-0.2, 0) is 5.41 Å². The molecule has 0 bridgehead atoms. The third-order valence-corrected chi connectivity index (χ3v) is 3.97. The Morgan fingerprint density at radius 2 is 2.12 bits per heavy atom. The van der Waals surface area contributed by atoms with Crippen molar-refractivity contribution in [3.05, 3.63) is 34.8 Å². The van der Waals surface area contributed by atoms with E-state index in [0.29, 0.717) is 6.54 Å². The van der Waals surface area contributed by atoms with Gasteiger partial charge in [0.1, 0.15) is 0 Å². The van der Waals surface area contributed by atoms with E-state index in [2.05, 4.69) is 45.0 Å². The van der Waals surface area contributed by atoms with Crippen molar-refractivity contribution in [2.45, 2.75) is 26.2 Å². The fourth-order valence-electron chi connectivity index (χ4n) is 1.62. The summed E-state index contributed by atoms with van der Waals surface area (Å²) in [6.45, 7) is 7.15. The lowest BCUT2D eigenvalue weighted by atomic mass is 9.98. The first-order chi connectivity index (χ1) is 8.02. The Morgan fingerprint density at radius 1 is 1.35 bits per heavy atom. The van der Waals surface area contributed by atoms with Crippen LogP contribution in [0.4, 0.5) is 0 Å². The number of nitrogens with two attached hydrogens (primary N) is 1. The van der Waals surface area contributed by atoms with Gasteiger partial charge in [-0.3, -0.25) is 0 Å². The van der Waals surface area contributed by atoms with Crippen LogP contribution < -0.4 is 5.73 Å². The zero-order chi connectivity index (χ0) is 12.5. The minimum absolute atomic E-state index is 0.110. The van der Waals surface area contributed by atoms with Crippen LogP contribution in [0.2, 0.25) is 0 Å². The summed E-state index contributed by atoms with van der Waals surface area (Å²) in [5.41, 5.74) is 7.84. The van der Waals surface area contributed by atoms with Crippen LogP contribution in [0.5, 0.6) is 0 Å². The van der Waals surface area contributed by atoms with E-state index in [4.69, 9.17) is 10.7 Å². The Kier molecular flexibility index (Phi) is 3.31. The molecule has 0 aliphatic carbocycles. The van der Waals surface area contributed by atoms with Crippen molar-refractivity contribution in [3.8, 4) is 0 Å². The Hall–Kier alpha value is -1.19. The summed E-state index contributed by atoms with van der Waals surface area (Å²) < 4.78 is 1.24. The third-order valence-electron chi connectivity index (χ3n) is 2.53. The summed E-state index contributed by atoms with van der Waals surface area (Å²) in [4.78, 5) is 4.76. The van der Waals surface area contributed by atoms with Gasteiger partial charge in [-0.1, -0.05) is 45.1 Å². The Balaban J connectivity index is 2.57. The lowest BCUT2D eigenvalue weighted by Crippen LogP contribution is -2.09. The van der Waals surface area contributed by atoms with E-state index in [1.807, 2.05) is 6.08 Å². The van der Waals surface area contributed by atoms with Gasteiger partial charge >= 0.3 is 0 Å². The van der Waals surface area contributed by atoms with Crippen molar-refractivity contribution in [2.75, 3.05) is 6.54 Å². The molecular formula is C14H18N2S. The van der Waals surface area contributed by atoms with E-state index >= 15 is 0 Å². The van der Waals surface area contributed by atoms with Gasteiger partial charge < -0.3 is 5.73 Å². The van der Waals surface area contributed by atoms with Gasteiger partial charge in [0, 0.05) is 17.5 Å². The minimum Gasteiger partial charge on any atom is -0.327 e. The molecule has 0 atom stereocenters. The van der Waals surface area contributed by atoms with E-state index in [0.717, 1.165) is 11.1 Å². The molecule has 0 spiro atoms. The maximum Gasteiger partial charge on any atom is 0.0992 e. The van der Waals surface area contributed by atoms with Crippen molar-refractivity contribution in [3.63, 3.8) is 0 Å². The number of rotatable bonds is 2. The molecule has 0 aliphatic rings. The Morgan fingerprint density at radius 3 is 2.76 bits per heavy atom. The molecule has 0 unspecified atom stereocenters. The molecule has 0 fully saturated rings. The summed E-state index contributed by atoms with van der Waals surface area (Å²) in [7, 11) is 0. The molecule has 0 saturated heterocycles. The zero-order valence-corrected chi connectivity index (χ0v) is 11.3. The van der Waals surface area contributed by atoms with Crippen LogP contribution in [0.1, 0.15) is 31.3 Å². The average Bonchev–Trinajstić information content (AvgIpc) is 2.70. The highest BCUT2D eigenvalue weighted by molar-refractivity contribution is 7.18. The topological polar surface area (TPSA) is 38.9 Å². The first-order valence-corrected chi connectivity index (χ1v) is 6.60. The second-order valence-corrected chi connectivity index (χ2v) is 6.13. The molecule has 3 heteroatoms. The number of hydrogen-bond donors (Lipinski definition) is 1. The van der Waals surface area contributed by atoms with Gasteiger partial charge in [-0.2, -0.15) is 0 Å². The van der Waals surface area contributed by atoms with Crippen molar-refractivity contribution in [1.82, 2.24) is 4.98 Å². The van der Waals surface area contributed by atoms with E-state index in [9.17, 15) is 0 Å². The van der Waals surface area contributed by atoms with Crippen molar-refractivity contribution in [1.29, 1.82) is 0 Å². The first kappa shape index (κ1) is 12.3. The third kappa shape index (κ3) is 2.56. The van der Waals surface area contributed by atoms with E-state index in [-0.39, 0.29) is 5.41 Å². The molecule has 1 aromatic heterocycles. The highest BCUT2D eigenvalue weighted by Gasteiger charge is 2.19. The highest BCUT2D eigenvalue weighted by atomic mass is 32.1. The SMILES string of the molecule is CC(C)(C)c1nc2c(/C=C/CN)cccc2s1. The van der Waals surface area contributed by atoms with Crippen LogP contribution in [0.25, 0.3) is 16.3 Å². The molecular weight excluding hydrogens is 228 g/mol. The summed E-state index contributed by atoms with van der Waals surface area (Å²) in [6, 6.07) is 6.28. The molecule has 1 heterocycles. The number of benzene rings is 1. The average molecular weight is 246 g/mol. The van der Waals surface area contributed by atoms with Gasteiger partial charge in [0.2, 0.25) is 0 Å². The largest absolute Gasteiger partial charge is 0.327 e. The quantitative estimate of drug-likeness (QED) is 0.880. The summed E-state index contributed by atoms with van der Waals surface area (Å²) in [5.74, 6) is 0. The van der Waals surface area contributed by atoms with Crippen LogP contribution in [-0.4, -0.2) is 11.5 Å². The molecule has 2 nitrogen and oxygen atoms in total. The summed E-state index contributed by atoms with van der Waals surface area (Å²) in [6.07, 6.45) is 4.01. The Bertz CT molecular complexity index is 547. The molecule has 0 radical (unpaired) electrons. The zero-order valence-electron chi connectivity index (χ0n) is 10.5. The van der Waals surface area contributed by atoms with Gasteiger partial charge in [-0.05, 0) is 6.07 Å². The molecule has 17 heavy (non-hydrogen) atoms. The molecule has 0 saturated carbocycles. The minimum atomic E-state index is 0.110. The van der Waals surface area contributed by atoms with E-state index in [1.54, 1.807) is 11.3 Å². The number of thiazole rings is 1. The lowest BCUT2D eigenvalue weighted by Gasteiger charge is -2.13. The number of para-hydroxylation sites is 1. The predicted octanol–water partition coefficient (Wildman–Crippen LogP) is 3.57. The fourth-order valence-corrected chi connectivity index (χ4v) is 2.68. The molecule has 2 rings (SSSR count). The fraction of sp³-hybridized carbons (Fsp3) is 0.357. The highest BCUT2D eigenvalue weighted by Crippen LogP contribution is 2.32. The normalized spacial score (nSPS) is 12.7. The maximum absolute atomic E-state index is 5.49. The summed E-state index contributed by atoms with van der Waals surface area (Å²) >= 11 is 1.78. The maximum atomic E-state index is 5.49. The van der Waals surface area contributed by atoms with Crippen LogP contribution >= 0.6 is 11.3 Å². The predicted molar refractivity (Wildman–Crippen MR) is 76.4 cm³/mol. The number of nitrogens with zero attached hydrogens (tertiary/aromatic N) is 1. The number of hydrogen-bond acceptors (Lipinski definition) is 3. The van der Waals surface area contributed by atoms with Gasteiger partial charge in [-0.15, -0.1) is 11.3 Å². The molecule has 2 N–H and O–H groups in total. The van der Waals surface area contributed by atoms with Crippen LogP contribution in [0, 0.1) is 0 Å². The van der Waals surface area contributed by atoms with Gasteiger partial charge in [0.05, 0.1) is 15.2 Å². The number of fused-ring (bicyclic) bond motifs is 1. The van der Waals surface area contributed by atoms with Gasteiger partial charge in [0.15, 0.2) is 0 Å². The smallest absolute Gasteiger partial charge is 0.0992 e.